The predicted octanol–water partition coefficient (Wildman–Crippen LogP) is 0.469. The topological polar surface area (TPSA) is 95.1 Å². The molecule has 0 saturated carbocycles. The second-order valence-electron chi connectivity index (χ2n) is 3.89. The van der Waals surface area contributed by atoms with Gasteiger partial charge in [0.25, 0.3) is 5.92 Å². The highest BCUT2D eigenvalue weighted by molar-refractivity contribution is 7.89. The fraction of sp³-hybridized carbons (Fsp3) is 0.300. The van der Waals surface area contributed by atoms with Crippen LogP contribution in [0.2, 0.25) is 0 Å². The molecular weight excluding hydrogens is 280 g/mol. The van der Waals surface area contributed by atoms with Crippen molar-refractivity contribution in [3.8, 4) is 0 Å². The highest BCUT2D eigenvalue weighted by Crippen LogP contribution is 2.21. The van der Waals surface area contributed by atoms with Gasteiger partial charge in [-0.1, -0.05) is 0 Å². The Morgan fingerprint density at radius 3 is 2.89 bits per heavy atom. The third-order valence-corrected chi connectivity index (χ3v) is 3.90. The Labute approximate surface area is 107 Å². The minimum absolute atomic E-state index is 0.163. The third-order valence-electron chi connectivity index (χ3n) is 2.45. The number of halogens is 2. The number of rotatable bonds is 5. The van der Waals surface area contributed by atoms with Crippen molar-refractivity contribution in [3.63, 3.8) is 0 Å². The lowest BCUT2D eigenvalue weighted by Crippen LogP contribution is -2.38. The fourth-order valence-electron chi connectivity index (χ4n) is 1.49. The van der Waals surface area contributed by atoms with Gasteiger partial charge in [0.1, 0.15) is 17.1 Å². The highest BCUT2D eigenvalue weighted by Gasteiger charge is 2.31. The van der Waals surface area contributed by atoms with Crippen molar-refractivity contribution in [2.75, 3.05) is 13.2 Å². The summed E-state index contributed by atoms with van der Waals surface area (Å²) in [6.45, 7) is -2.59. The van der Waals surface area contributed by atoms with Gasteiger partial charge in [0, 0.05) is 17.8 Å². The zero-order valence-corrected chi connectivity index (χ0v) is 10.4. The zero-order chi connectivity index (χ0) is 14.1. The van der Waals surface area contributed by atoms with Crippen LogP contribution >= 0.6 is 0 Å². The first-order chi connectivity index (χ1) is 8.86. The Morgan fingerprint density at radius 2 is 2.21 bits per heavy atom. The monoisotopic (exact) mass is 291 g/mol. The molecule has 2 rings (SSSR count). The van der Waals surface area contributed by atoms with Gasteiger partial charge in [-0.05, 0) is 12.1 Å². The fourth-order valence-corrected chi connectivity index (χ4v) is 2.71. The summed E-state index contributed by atoms with van der Waals surface area (Å²) in [6, 6.07) is 3.05. The molecule has 0 aromatic carbocycles. The van der Waals surface area contributed by atoms with E-state index in [0.717, 1.165) is 0 Å². The van der Waals surface area contributed by atoms with Gasteiger partial charge in [0.2, 0.25) is 10.0 Å². The van der Waals surface area contributed by atoms with Crippen LogP contribution in [0.5, 0.6) is 0 Å². The Morgan fingerprint density at radius 1 is 1.47 bits per heavy atom. The van der Waals surface area contributed by atoms with Crippen molar-refractivity contribution in [1.82, 2.24) is 14.7 Å². The Balaban J connectivity index is 2.30. The number of hydrogen-bond donors (Lipinski definition) is 3. The Hall–Kier alpha value is -1.58. The van der Waals surface area contributed by atoms with Crippen LogP contribution < -0.4 is 4.72 Å². The molecule has 0 fully saturated rings. The maximum atomic E-state index is 12.8. The van der Waals surface area contributed by atoms with Gasteiger partial charge in [-0.25, -0.2) is 26.9 Å². The van der Waals surface area contributed by atoms with Gasteiger partial charge in [0.05, 0.1) is 6.54 Å². The van der Waals surface area contributed by atoms with E-state index in [9.17, 15) is 17.2 Å². The van der Waals surface area contributed by atoms with Crippen molar-refractivity contribution in [2.45, 2.75) is 10.8 Å². The van der Waals surface area contributed by atoms with Crippen LogP contribution in [0.15, 0.2) is 29.4 Å². The average molecular weight is 291 g/mol. The van der Waals surface area contributed by atoms with Crippen LogP contribution in [0.3, 0.4) is 0 Å². The lowest BCUT2D eigenvalue weighted by molar-refractivity contribution is -0.0437. The van der Waals surface area contributed by atoms with Crippen LogP contribution in [0.1, 0.15) is 0 Å². The molecule has 0 amide bonds. The van der Waals surface area contributed by atoms with E-state index in [-0.39, 0.29) is 4.90 Å². The predicted molar refractivity (Wildman–Crippen MR) is 63.3 cm³/mol. The van der Waals surface area contributed by atoms with Gasteiger partial charge in [0.15, 0.2) is 0 Å². The second kappa shape index (κ2) is 4.83. The number of aliphatic hydroxyl groups is 1. The van der Waals surface area contributed by atoms with E-state index in [4.69, 9.17) is 5.11 Å². The van der Waals surface area contributed by atoms with Crippen LogP contribution in [0, 0.1) is 0 Å². The molecule has 0 radical (unpaired) electrons. The van der Waals surface area contributed by atoms with Crippen LogP contribution in [-0.2, 0) is 10.0 Å². The number of nitrogens with one attached hydrogen (secondary N) is 2. The lowest BCUT2D eigenvalue weighted by atomic mass is 10.3. The average Bonchev–Trinajstić information content (AvgIpc) is 2.81. The van der Waals surface area contributed by atoms with E-state index < -0.39 is 29.1 Å². The first-order valence-corrected chi connectivity index (χ1v) is 6.74. The van der Waals surface area contributed by atoms with E-state index in [2.05, 4.69) is 9.97 Å². The number of aliphatic hydroxyl groups excluding tert-OH is 1. The number of sulfonamides is 1. The van der Waals surface area contributed by atoms with Crippen LogP contribution in [0.25, 0.3) is 11.0 Å². The van der Waals surface area contributed by atoms with E-state index in [1.54, 1.807) is 4.72 Å². The van der Waals surface area contributed by atoms with Gasteiger partial charge < -0.3 is 10.1 Å². The van der Waals surface area contributed by atoms with Gasteiger partial charge >= 0.3 is 0 Å². The summed E-state index contributed by atoms with van der Waals surface area (Å²) in [5.41, 5.74) is 0.344. The van der Waals surface area contributed by atoms with E-state index in [0.29, 0.717) is 11.0 Å². The number of aromatic nitrogens is 2. The summed E-state index contributed by atoms with van der Waals surface area (Å²) < 4.78 is 51.2. The number of fused-ring (bicyclic) bond motifs is 1. The molecular formula is C10H11F2N3O3S. The summed E-state index contributed by atoms with van der Waals surface area (Å²) in [7, 11) is -4.10. The molecule has 9 heteroatoms. The molecule has 19 heavy (non-hydrogen) atoms. The first kappa shape index (κ1) is 13.8. The maximum Gasteiger partial charge on any atom is 0.283 e. The molecule has 2 heterocycles. The summed E-state index contributed by atoms with van der Waals surface area (Å²) >= 11 is 0. The van der Waals surface area contributed by atoms with Crippen LogP contribution in [-0.4, -0.2) is 42.6 Å². The number of H-pyrrole nitrogens is 1. The number of nitrogens with zero attached hydrogens (tertiary/aromatic N) is 1. The smallest absolute Gasteiger partial charge is 0.283 e. The minimum Gasteiger partial charge on any atom is -0.390 e. The molecule has 0 unspecified atom stereocenters. The molecule has 2 aromatic rings. The quantitative estimate of drug-likeness (QED) is 0.746. The number of hydrogen-bond acceptors (Lipinski definition) is 4. The summed E-state index contributed by atoms with van der Waals surface area (Å²) in [4.78, 5) is 6.38. The summed E-state index contributed by atoms with van der Waals surface area (Å²) in [5, 5.41) is 8.70. The molecule has 2 aromatic heterocycles. The summed E-state index contributed by atoms with van der Waals surface area (Å²) in [6.07, 6.45) is 2.65. The van der Waals surface area contributed by atoms with Crippen molar-refractivity contribution in [2.24, 2.45) is 0 Å². The zero-order valence-electron chi connectivity index (χ0n) is 9.60. The first-order valence-electron chi connectivity index (χ1n) is 5.26. The van der Waals surface area contributed by atoms with Crippen LogP contribution in [0.4, 0.5) is 8.78 Å². The number of pyridine rings is 1. The molecule has 0 atom stereocenters. The van der Waals surface area contributed by atoms with Gasteiger partial charge in [-0.3, -0.25) is 0 Å². The highest BCUT2D eigenvalue weighted by atomic mass is 32.2. The van der Waals surface area contributed by atoms with Gasteiger partial charge in [-0.15, -0.1) is 0 Å². The van der Waals surface area contributed by atoms with E-state index >= 15 is 0 Å². The molecule has 0 saturated heterocycles. The molecule has 6 nitrogen and oxygen atoms in total. The van der Waals surface area contributed by atoms with Gasteiger partial charge in [-0.2, -0.15) is 0 Å². The molecule has 0 aliphatic carbocycles. The normalized spacial score (nSPS) is 13.0. The lowest BCUT2D eigenvalue weighted by Gasteiger charge is -2.13. The maximum absolute atomic E-state index is 12.8. The Kier molecular flexibility index (Phi) is 3.52. The molecule has 0 bridgehead atoms. The van der Waals surface area contributed by atoms with Crippen molar-refractivity contribution in [1.29, 1.82) is 0 Å². The molecule has 0 spiro atoms. The molecule has 104 valence electrons. The third kappa shape index (κ3) is 2.88. The largest absolute Gasteiger partial charge is 0.390 e. The number of alkyl halides is 2. The Bertz CT molecular complexity index is 684. The van der Waals surface area contributed by atoms with Crippen molar-refractivity contribution in [3.05, 3.63) is 24.5 Å². The number of aromatic amines is 1. The molecule has 3 N–H and O–H groups in total. The standard InChI is InChI=1S/C10H11F2N3O3S/c11-10(12,6-16)5-15-19(17,18)8-4-14-9-7(8)2-1-3-13-9/h1-4,15-16H,5-6H2,(H,13,14). The second-order valence-corrected chi connectivity index (χ2v) is 5.63. The van der Waals surface area contributed by atoms with E-state index in [1.165, 1.54) is 24.5 Å². The SMILES string of the molecule is O=S(=O)(NCC(F)(F)CO)c1c[nH]c2ncccc12. The minimum atomic E-state index is -4.10. The van der Waals surface area contributed by atoms with Crippen molar-refractivity contribution < 1.29 is 22.3 Å². The van der Waals surface area contributed by atoms with E-state index in [1.807, 2.05) is 0 Å². The van der Waals surface area contributed by atoms with Crippen molar-refractivity contribution >= 4 is 21.1 Å². The molecule has 0 aliphatic rings. The molecule has 0 aliphatic heterocycles. The summed E-state index contributed by atoms with van der Waals surface area (Å²) in [5.74, 6) is -3.50.